The van der Waals surface area contributed by atoms with Crippen LogP contribution >= 0.6 is 11.3 Å². The quantitative estimate of drug-likeness (QED) is 0.909. The third kappa shape index (κ3) is 2.95. The highest BCUT2D eigenvalue weighted by Crippen LogP contribution is 2.30. The molecule has 0 saturated heterocycles. The van der Waals surface area contributed by atoms with Gasteiger partial charge in [0.1, 0.15) is 11.2 Å². The normalized spacial score (nSPS) is 13.4. The van der Waals surface area contributed by atoms with Crippen molar-refractivity contribution >= 4 is 21.6 Å². The molecule has 0 aromatic carbocycles. The van der Waals surface area contributed by atoms with E-state index in [0.29, 0.717) is 12.0 Å². The molecule has 0 radical (unpaired) electrons. The Morgan fingerprint density at radius 1 is 1.26 bits per heavy atom. The zero-order valence-electron chi connectivity index (χ0n) is 12.4. The van der Waals surface area contributed by atoms with E-state index in [0.717, 1.165) is 17.8 Å². The first kappa shape index (κ1) is 14.4. The van der Waals surface area contributed by atoms with Crippen LogP contribution in [0.3, 0.4) is 0 Å². The lowest BCUT2D eigenvalue weighted by molar-refractivity contribution is 0.403. The van der Waals surface area contributed by atoms with Crippen LogP contribution in [0.5, 0.6) is 0 Å². The summed E-state index contributed by atoms with van der Waals surface area (Å²) >= 11 is 1.77. The van der Waals surface area contributed by atoms with Gasteiger partial charge in [-0.2, -0.15) is 0 Å². The molecule has 3 nitrogen and oxygen atoms in total. The van der Waals surface area contributed by atoms with E-state index in [4.69, 9.17) is 0 Å². The van der Waals surface area contributed by atoms with Gasteiger partial charge in [0, 0.05) is 22.7 Å². The smallest absolute Gasteiger partial charge is 0.127 e. The monoisotopic (exact) mass is 277 g/mol. The minimum Gasteiger partial charge on any atom is -0.314 e. The lowest BCUT2D eigenvalue weighted by Gasteiger charge is -2.21. The molecule has 2 heterocycles. The second kappa shape index (κ2) is 5.97. The Kier molecular flexibility index (Phi) is 4.53. The Morgan fingerprint density at radius 2 is 2.00 bits per heavy atom. The van der Waals surface area contributed by atoms with E-state index in [1.807, 2.05) is 0 Å². The zero-order valence-corrected chi connectivity index (χ0v) is 13.3. The molecule has 0 fully saturated rings. The first-order valence-electron chi connectivity index (χ1n) is 6.97. The van der Waals surface area contributed by atoms with E-state index < -0.39 is 0 Å². The van der Waals surface area contributed by atoms with Gasteiger partial charge in [-0.3, -0.25) is 0 Å². The first-order chi connectivity index (χ1) is 9.04. The largest absolute Gasteiger partial charge is 0.314 e. The molecule has 4 heteroatoms. The fourth-order valence-corrected chi connectivity index (χ4v) is 3.44. The molecule has 0 bridgehead atoms. The number of rotatable bonds is 5. The van der Waals surface area contributed by atoms with Crippen molar-refractivity contribution in [3.63, 3.8) is 0 Å². The van der Waals surface area contributed by atoms with Crippen molar-refractivity contribution in [1.82, 2.24) is 15.3 Å². The molecule has 0 aliphatic carbocycles. The average Bonchev–Trinajstić information content (AvgIpc) is 2.65. The van der Waals surface area contributed by atoms with Crippen LogP contribution in [0.4, 0.5) is 0 Å². The number of nitrogens with one attached hydrogen (secondary N) is 1. The number of aromatic nitrogens is 2. The Balaban J connectivity index is 2.39. The minimum absolute atomic E-state index is 0.475. The van der Waals surface area contributed by atoms with E-state index >= 15 is 0 Å². The lowest BCUT2D eigenvalue weighted by Crippen LogP contribution is -2.35. The average molecular weight is 277 g/mol. The van der Waals surface area contributed by atoms with E-state index in [1.54, 1.807) is 17.7 Å². The highest BCUT2D eigenvalue weighted by molar-refractivity contribution is 7.18. The Labute approximate surface area is 119 Å². The number of thiophene rings is 1. The van der Waals surface area contributed by atoms with Crippen molar-refractivity contribution in [2.45, 2.75) is 47.1 Å². The Bertz CT molecular complexity index is 560. The van der Waals surface area contributed by atoms with Crippen LogP contribution in [0.25, 0.3) is 10.2 Å². The van der Waals surface area contributed by atoms with E-state index in [2.05, 4.69) is 49.9 Å². The third-order valence-corrected chi connectivity index (χ3v) is 4.84. The summed E-state index contributed by atoms with van der Waals surface area (Å²) in [5.74, 6) is 0.602. The summed E-state index contributed by atoms with van der Waals surface area (Å²) in [5.41, 5.74) is 2.53. The summed E-state index contributed by atoms with van der Waals surface area (Å²) in [6.07, 6.45) is 2.68. The summed E-state index contributed by atoms with van der Waals surface area (Å²) in [5, 5.41) is 4.84. The molecule has 0 aliphatic rings. The fourth-order valence-electron chi connectivity index (χ4n) is 2.42. The molecule has 1 unspecified atom stereocenters. The van der Waals surface area contributed by atoms with Crippen LogP contribution in [-0.4, -0.2) is 22.6 Å². The van der Waals surface area contributed by atoms with Gasteiger partial charge in [-0.15, -0.1) is 11.3 Å². The maximum absolute atomic E-state index is 4.54. The van der Waals surface area contributed by atoms with Crippen LogP contribution < -0.4 is 5.32 Å². The predicted octanol–water partition coefficient (Wildman–Crippen LogP) is 3.48. The van der Waals surface area contributed by atoms with Crippen molar-refractivity contribution in [2.75, 3.05) is 6.54 Å². The zero-order chi connectivity index (χ0) is 14.0. The van der Waals surface area contributed by atoms with Gasteiger partial charge in [-0.05, 0) is 31.9 Å². The van der Waals surface area contributed by atoms with Gasteiger partial charge in [-0.25, -0.2) is 9.97 Å². The molecule has 2 aromatic rings. The number of nitrogens with zero attached hydrogens (tertiary/aromatic N) is 2. The number of aryl methyl sites for hydroxylation is 2. The highest BCUT2D eigenvalue weighted by atomic mass is 32.1. The van der Waals surface area contributed by atoms with Gasteiger partial charge in [0.05, 0.1) is 5.69 Å². The fraction of sp³-hybridized carbons (Fsp3) is 0.600. The van der Waals surface area contributed by atoms with Crippen LogP contribution in [0.1, 0.15) is 36.9 Å². The molecule has 0 spiro atoms. The Hall–Kier alpha value is -1.00. The number of hydrogen-bond donors (Lipinski definition) is 1. The van der Waals surface area contributed by atoms with E-state index in [9.17, 15) is 0 Å². The van der Waals surface area contributed by atoms with Crippen LogP contribution in [0.15, 0.2) is 6.33 Å². The van der Waals surface area contributed by atoms with Gasteiger partial charge >= 0.3 is 0 Å². The topological polar surface area (TPSA) is 37.8 Å². The molecular formula is C15H23N3S. The maximum atomic E-state index is 4.54. The minimum atomic E-state index is 0.475. The van der Waals surface area contributed by atoms with Crippen molar-refractivity contribution < 1.29 is 0 Å². The van der Waals surface area contributed by atoms with Gasteiger partial charge in [0.25, 0.3) is 0 Å². The maximum Gasteiger partial charge on any atom is 0.127 e. The van der Waals surface area contributed by atoms with Crippen LogP contribution in [0, 0.1) is 19.8 Å². The summed E-state index contributed by atoms with van der Waals surface area (Å²) in [4.78, 5) is 11.4. The van der Waals surface area contributed by atoms with Gasteiger partial charge < -0.3 is 5.32 Å². The summed E-state index contributed by atoms with van der Waals surface area (Å²) < 4.78 is 0. The second-order valence-corrected chi connectivity index (χ2v) is 6.60. The molecule has 0 saturated carbocycles. The van der Waals surface area contributed by atoms with Crippen molar-refractivity contribution in [1.29, 1.82) is 0 Å². The SMILES string of the molecule is CCNC(Cc1ncnc2sc(C)c(C)c12)C(C)C. The number of likely N-dealkylation sites (N-methyl/N-ethyl adjacent to an activating group) is 1. The highest BCUT2D eigenvalue weighted by Gasteiger charge is 2.18. The van der Waals surface area contributed by atoms with E-state index in [-0.39, 0.29) is 0 Å². The molecule has 2 aromatic heterocycles. The van der Waals surface area contributed by atoms with Crippen LogP contribution in [0.2, 0.25) is 0 Å². The molecule has 0 amide bonds. The van der Waals surface area contributed by atoms with Crippen molar-refractivity contribution in [3.05, 3.63) is 22.5 Å². The first-order valence-corrected chi connectivity index (χ1v) is 7.79. The summed E-state index contributed by atoms with van der Waals surface area (Å²) in [6, 6.07) is 0.475. The van der Waals surface area contributed by atoms with Gasteiger partial charge in [0.15, 0.2) is 0 Å². The molecule has 2 rings (SSSR count). The molecule has 1 N–H and O–H groups in total. The van der Waals surface area contributed by atoms with E-state index in [1.165, 1.54) is 21.5 Å². The van der Waals surface area contributed by atoms with Crippen LogP contribution in [-0.2, 0) is 6.42 Å². The van der Waals surface area contributed by atoms with Crippen molar-refractivity contribution in [2.24, 2.45) is 5.92 Å². The summed E-state index contributed by atoms with van der Waals surface area (Å²) in [7, 11) is 0. The van der Waals surface area contributed by atoms with Crippen molar-refractivity contribution in [3.8, 4) is 0 Å². The number of hydrogen-bond acceptors (Lipinski definition) is 4. The lowest BCUT2D eigenvalue weighted by atomic mass is 9.97. The molecule has 19 heavy (non-hydrogen) atoms. The summed E-state index contributed by atoms with van der Waals surface area (Å²) in [6.45, 7) is 12.0. The standard InChI is InChI=1S/C15H23N3S/c1-6-16-12(9(2)3)7-13-14-10(4)11(5)19-15(14)18-8-17-13/h8-9,12,16H,6-7H2,1-5H3. The number of fused-ring (bicyclic) bond motifs is 1. The second-order valence-electron chi connectivity index (χ2n) is 5.40. The molecule has 104 valence electrons. The molecule has 0 aliphatic heterocycles. The predicted molar refractivity (Wildman–Crippen MR) is 82.9 cm³/mol. The van der Waals surface area contributed by atoms with Gasteiger partial charge in [0.2, 0.25) is 0 Å². The molecule has 1 atom stereocenters. The molecular weight excluding hydrogens is 254 g/mol. The van der Waals surface area contributed by atoms with Gasteiger partial charge in [-0.1, -0.05) is 20.8 Å². The Morgan fingerprint density at radius 3 is 2.63 bits per heavy atom. The third-order valence-electron chi connectivity index (χ3n) is 3.73.